The van der Waals surface area contributed by atoms with E-state index < -0.39 is 6.04 Å². The largest absolute Gasteiger partial charge is 0.494 e. The van der Waals surface area contributed by atoms with E-state index in [-0.39, 0.29) is 5.91 Å². The SMILES string of the molecule is CCOc1cccc(C2C(C(=O)Nc3cccc(C)c3C)=C(C)Nc3nnnn32)c1. The number of fused-ring (bicyclic) bond motifs is 1. The van der Waals surface area contributed by atoms with E-state index >= 15 is 0 Å². The average Bonchev–Trinajstić information content (AvgIpc) is 3.18. The topological polar surface area (TPSA) is 94.0 Å². The van der Waals surface area contributed by atoms with Gasteiger partial charge in [-0.3, -0.25) is 4.79 Å². The van der Waals surface area contributed by atoms with E-state index in [4.69, 9.17) is 4.74 Å². The van der Waals surface area contributed by atoms with Crippen LogP contribution in [0.2, 0.25) is 0 Å². The van der Waals surface area contributed by atoms with Crippen LogP contribution in [0.3, 0.4) is 0 Å². The summed E-state index contributed by atoms with van der Waals surface area (Å²) in [6.07, 6.45) is 0. The van der Waals surface area contributed by atoms with Gasteiger partial charge in [0, 0.05) is 11.4 Å². The molecule has 0 saturated heterocycles. The predicted molar refractivity (Wildman–Crippen MR) is 114 cm³/mol. The molecule has 30 heavy (non-hydrogen) atoms. The number of aromatic nitrogens is 4. The van der Waals surface area contributed by atoms with Gasteiger partial charge in [-0.05, 0) is 73.0 Å². The Balaban J connectivity index is 1.77. The number of nitrogens with zero attached hydrogens (tertiary/aromatic N) is 4. The van der Waals surface area contributed by atoms with Crippen molar-refractivity contribution in [1.29, 1.82) is 0 Å². The fourth-order valence-electron chi connectivity index (χ4n) is 3.63. The normalized spacial score (nSPS) is 15.4. The molecule has 0 saturated carbocycles. The van der Waals surface area contributed by atoms with Crippen molar-refractivity contribution in [3.05, 3.63) is 70.4 Å². The lowest BCUT2D eigenvalue weighted by molar-refractivity contribution is -0.113. The first-order chi connectivity index (χ1) is 14.5. The highest BCUT2D eigenvalue weighted by Crippen LogP contribution is 2.36. The Kier molecular flexibility index (Phi) is 5.22. The molecule has 2 aromatic carbocycles. The minimum atomic E-state index is -0.484. The molecule has 8 heteroatoms. The zero-order valence-electron chi connectivity index (χ0n) is 17.4. The van der Waals surface area contributed by atoms with Crippen molar-refractivity contribution in [2.45, 2.75) is 33.7 Å². The van der Waals surface area contributed by atoms with Gasteiger partial charge in [0.2, 0.25) is 5.95 Å². The quantitative estimate of drug-likeness (QED) is 0.675. The predicted octanol–water partition coefficient (Wildman–Crippen LogP) is 3.62. The molecular weight excluding hydrogens is 380 g/mol. The Labute approximate surface area is 174 Å². The molecule has 0 spiro atoms. The number of carbonyl (C=O) groups excluding carboxylic acids is 1. The van der Waals surface area contributed by atoms with Crippen LogP contribution in [0.5, 0.6) is 5.75 Å². The molecule has 1 aliphatic heterocycles. The maximum atomic E-state index is 13.4. The van der Waals surface area contributed by atoms with Crippen LogP contribution in [0.15, 0.2) is 53.7 Å². The lowest BCUT2D eigenvalue weighted by Crippen LogP contribution is -2.31. The highest BCUT2D eigenvalue weighted by Gasteiger charge is 2.34. The molecule has 0 bridgehead atoms. The molecule has 154 valence electrons. The maximum absolute atomic E-state index is 13.4. The summed E-state index contributed by atoms with van der Waals surface area (Å²) in [6.45, 7) is 8.36. The molecule has 1 aliphatic rings. The molecule has 0 fully saturated rings. The number of rotatable bonds is 5. The summed E-state index contributed by atoms with van der Waals surface area (Å²) in [7, 11) is 0. The number of hydrogen-bond donors (Lipinski definition) is 2. The van der Waals surface area contributed by atoms with Crippen LogP contribution in [0.1, 0.15) is 36.6 Å². The van der Waals surface area contributed by atoms with Gasteiger partial charge >= 0.3 is 0 Å². The summed E-state index contributed by atoms with van der Waals surface area (Å²) < 4.78 is 7.28. The van der Waals surface area contributed by atoms with Gasteiger partial charge in [-0.1, -0.05) is 29.4 Å². The minimum absolute atomic E-state index is 0.207. The van der Waals surface area contributed by atoms with Crippen molar-refractivity contribution in [3.8, 4) is 5.75 Å². The van der Waals surface area contributed by atoms with Crippen molar-refractivity contribution in [2.24, 2.45) is 0 Å². The third kappa shape index (κ3) is 3.52. The van der Waals surface area contributed by atoms with Crippen LogP contribution < -0.4 is 15.4 Å². The Morgan fingerprint density at radius 3 is 2.80 bits per heavy atom. The van der Waals surface area contributed by atoms with Crippen molar-refractivity contribution in [3.63, 3.8) is 0 Å². The highest BCUT2D eigenvalue weighted by molar-refractivity contribution is 6.06. The van der Waals surface area contributed by atoms with Gasteiger partial charge in [-0.2, -0.15) is 4.68 Å². The maximum Gasteiger partial charge on any atom is 0.255 e. The van der Waals surface area contributed by atoms with E-state index in [1.165, 1.54) is 0 Å². The molecule has 0 radical (unpaired) electrons. The number of amides is 1. The number of anilines is 2. The van der Waals surface area contributed by atoms with Crippen LogP contribution in [0.4, 0.5) is 11.6 Å². The standard InChI is InChI=1S/C22H24N6O2/c1-5-30-17-10-7-9-16(12-17)20-19(15(4)23-22-25-26-27-28(20)22)21(29)24-18-11-6-8-13(2)14(18)3/h6-12,20H,5H2,1-4H3,(H,24,29)(H,23,25,27). The van der Waals surface area contributed by atoms with Crippen LogP contribution in [0, 0.1) is 13.8 Å². The second-order valence-electron chi connectivity index (χ2n) is 7.22. The molecule has 4 rings (SSSR count). The van der Waals surface area contributed by atoms with Gasteiger partial charge in [-0.15, -0.1) is 0 Å². The number of benzene rings is 2. The second-order valence-corrected chi connectivity index (χ2v) is 7.22. The third-order valence-corrected chi connectivity index (χ3v) is 5.30. The van der Waals surface area contributed by atoms with E-state index in [9.17, 15) is 4.79 Å². The summed E-state index contributed by atoms with van der Waals surface area (Å²) >= 11 is 0. The van der Waals surface area contributed by atoms with E-state index in [0.717, 1.165) is 28.1 Å². The molecule has 2 N–H and O–H groups in total. The van der Waals surface area contributed by atoms with E-state index in [1.807, 2.05) is 70.2 Å². The monoisotopic (exact) mass is 404 g/mol. The number of nitrogens with one attached hydrogen (secondary N) is 2. The Hall–Kier alpha value is -3.68. The van der Waals surface area contributed by atoms with Crippen molar-refractivity contribution < 1.29 is 9.53 Å². The Bertz CT molecular complexity index is 1130. The minimum Gasteiger partial charge on any atom is -0.494 e. The summed E-state index contributed by atoms with van der Waals surface area (Å²) in [5, 5.41) is 18.2. The smallest absolute Gasteiger partial charge is 0.255 e. The lowest BCUT2D eigenvalue weighted by Gasteiger charge is -2.28. The van der Waals surface area contributed by atoms with Gasteiger partial charge in [0.05, 0.1) is 12.2 Å². The number of tetrazole rings is 1. The van der Waals surface area contributed by atoms with Crippen LogP contribution in [-0.2, 0) is 4.79 Å². The van der Waals surface area contributed by atoms with Crippen LogP contribution in [-0.4, -0.2) is 32.7 Å². The molecule has 1 amide bonds. The third-order valence-electron chi connectivity index (χ3n) is 5.30. The summed E-state index contributed by atoms with van der Waals surface area (Å²) in [5.74, 6) is 1.01. The van der Waals surface area contributed by atoms with Gasteiger partial charge in [0.25, 0.3) is 5.91 Å². The molecule has 8 nitrogen and oxygen atoms in total. The Morgan fingerprint density at radius 2 is 2.00 bits per heavy atom. The van der Waals surface area contributed by atoms with Crippen molar-refractivity contribution >= 4 is 17.5 Å². The number of ether oxygens (including phenoxy) is 1. The highest BCUT2D eigenvalue weighted by atomic mass is 16.5. The number of hydrogen-bond acceptors (Lipinski definition) is 6. The van der Waals surface area contributed by atoms with Crippen molar-refractivity contribution in [2.75, 3.05) is 17.2 Å². The van der Waals surface area contributed by atoms with Gasteiger partial charge in [-0.25, -0.2) is 0 Å². The lowest BCUT2D eigenvalue weighted by atomic mass is 9.94. The first-order valence-electron chi connectivity index (χ1n) is 9.85. The molecule has 1 unspecified atom stereocenters. The zero-order valence-corrected chi connectivity index (χ0v) is 17.4. The van der Waals surface area contributed by atoms with Gasteiger partial charge in [0.1, 0.15) is 11.8 Å². The summed E-state index contributed by atoms with van der Waals surface area (Å²) in [6, 6.07) is 13.0. The van der Waals surface area contributed by atoms with E-state index in [1.54, 1.807) is 4.68 Å². The molecule has 1 aromatic heterocycles. The zero-order chi connectivity index (χ0) is 21.3. The fourth-order valence-corrected chi connectivity index (χ4v) is 3.63. The average molecular weight is 404 g/mol. The van der Waals surface area contributed by atoms with Crippen LogP contribution in [0.25, 0.3) is 0 Å². The first-order valence-corrected chi connectivity index (χ1v) is 9.85. The molecule has 2 heterocycles. The number of carbonyl (C=O) groups is 1. The molecule has 0 aliphatic carbocycles. The van der Waals surface area contributed by atoms with E-state index in [2.05, 4.69) is 26.2 Å². The van der Waals surface area contributed by atoms with Crippen LogP contribution >= 0.6 is 0 Å². The number of aryl methyl sites for hydroxylation is 1. The molecular formula is C22H24N6O2. The van der Waals surface area contributed by atoms with E-state index in [0.29, 0.717) is 23.8 Å². The first kappa shape index (κ1) is 19.6. The Morgan fingerprint density at radius 1 is 1.20 bits per heavy atom. The fraction of sp³-hybridized carbons (Fsp3) is 0.273. The molecule has 1 atom stereocenters. The van der Waals surface area contributed by atoms with Gasteiger partial charge < -0.3 is 15.4 Å². The van der Waals surface area contributed by atoms with Crippen molar-refractivity contribution in [1.82, 2.24) is 20.2 Å². The summed E-state index contributed by atoms with van der Waals surface area (Å²) in [5.41, 5.74) is 5.04. The molecule has 3 aromatic rings. The second kappa shape index (κ2) is 7.98. The number of allylic oxidation sites excluding steroid dienone is 1. The van der Waals surface area contributed by atoms with Gasteiger partial charge in [0.15, 0.2) is 0 Å². The summed E-state index contributed by atoms with van der Waals surface area (Å²) in [4.78, 5) is 13.4.